The molecule has 0 aliphatic carbocycles. The van der Waals surface area contributed by atoms with Gasteiger partial charge in [0.2, 0.25) is 0 Å². The first-order valence-corrected chi connectivity index (χ1v) is 8.55. The molecule has 0 nitrogen and oxygen atoms in total. The Hall–Kier alpha value is -2.41. The van der Waals surface area contributed by atoms with Gasteiger partial charge >= 0.3 is 0 Å². The highest BCUT2D eigenvalue weighted by atomic mass is 19.1. The molecule has 0 aliphatic heterocycles. The molecule has 24 heavy (non-hydrogen) atoms. The van der Waals surface area contributed by atoms with Gasteiger partial charge in [-0.1, -0.05) is 72.3 Å². The second-order valence-corrected chi connectivity index (χ2v) is 6.47. The van der Waals surface area contributed by atoms with E-state index in [4.69, 9.17) is 0 Å². The molecule has 1 atom stereocenters. The zero-order valence-corrected chi connectivity index (χ0v) is 14.1. The largest absolute Gasteiger partial charge is 0.207 e. The Morgan fingerprint density at radius 3 is 2.21 bits per heavy atom. The Bertz CT molecular complexity index is 760. The normalized spacial score (nSPS) is 12.1. The molecule has 0 N–H and O–H groups in total. The fourth-order valence-corrected chi connectivity index (χ4v) is 3.16. The van der Waals surface area contributed by atoms with Crippen molar-refractivity contribution in [1.29, 1.82) is 0 Å². The first-order valence-electron chi connectivity index (χ1n) is 8.55. The van der Waals surface area contributed by atoms with E-state index in [-0.39, 0.29) is 5.82 Å². The van der Waals surface area contributed by atoms with Crippen molar-refractivity contribution in [1.82, 2.24) is 0 Å². The average Bonchev–Trinajstić information content (AvgIpc) is 2.60. The standard InChI is InChI=1S/C23H23F/c1-18-10-13-21(14-11-18)22(15-12-19-6-3-2-4-7-19)16-20-8-5-9-23(24)17-20/h2-11,13-14,17,22H,12,15-16H2,1H3/t22-/m1/s1. The number of benzene rings is 3. The predicted octanol–water partition coefficient (Wildman–Crippen LogP) is 6.09. The third-order valence-electron chi connectivity index (χ3n) is 4.54. The Labute approximate surface area is 144 Å². The van der Waals surface area contributed by atoms with Crippen LogP contribution >= 0.6 is 0 Å². The summed E-state index contributed by atoms with van der Waals surface area (Å²) in [4.78, 5) is 0. The summed E-state index contributed by atoms with van der Waals surface area (Å²) in [6, 6.07) is 26.3. The Balaban J connectivity index is 1.78. The number of aryl methyl sites for hydroxylation is 2. The van der Waals surface area contributed by atoms with Gasteiger partial charge in [-0.05, 0) is 60.9 Å². The van der Waals surface area contributed by atoms with E-state index in [1.54, 1.807) is 12.1 Å². The van der Waals surface area contributed by atoms with Crippen LogP contribution in [0, 0.1) is 12.7 Å². The smallest absolute Gasteiger partial charge is 0.123 e. The minimum Gasteiger partial charge on any atom is -0.207 e. The molecule has 122 valence electrons. The van der Waals surface area contributed by atoms with Crippen molar-refractivity contribution >= 4 is 0 Å². The molecule has 0 radical (unpaired) electrons. The van der Waals surface area contributed by atoms with E-state index in [0.29, 0.717) is 5.92 Å². The molecule has 0 spiro atoms. The molecule has 0 heterocycles. The van der Waals surface area contributed by atoms with Crippen molar-refractivity contribution in [3.05, 3.63) is 107 Å². The van der Waals surface area contributed by atoms with Crippen LogP contribution in [0.25, 0.3) is 0 Å². The van der Waals surface area contributed by atoms with Gasteiger partial charge < -0.3 is 0 Å². The molecular weight excluding hydrogens is 295 g/mol. The zero-order valence-electron chi connectivity index (χ0n) is 14.1. The number of halogens is 1. The fraction of sp³-hybridized carbons (Fsp3) is 0.217. The lowest BCUT2D eigenvalue weighted by Gasteiger charge is -2.18. The maximum absolute atomic E-state index is 13.5. The van der Waals surface area contributed by atoms with Crippen LogP contribution in [0.2, 0.25) is 0 Å². The van der Waals surface area contributed by atoms with Gasteiger partial charge in [-0.3, -0.25) is 0 Å². The first kappa shape index (κ1) is 16.4. The second-order valence-electron chi connectivity index (χ2n) is 6.47. The van der Waals surface area contributed by atoms with Crippen LogP contribution in [0.3, 0.4) is 0 Å². The van der Waals surface area contributed by atoms with Gasteiger partial charge in [-0.2, -0.15) is 0 Å². The van der Waals surface area contributed by atoms with Crippen LogP contribution in [0.15, 0.2) is 78.9 Å². The van der Waals surface area contributed by atoms with Crippen molar-refractivity contribution in [3.8, 4) is 0 Å². The van der Waals surface area contributed by atoms with Gasteiger partial charge in [0.1, 0.15) is 5.82 Å². The summed E-state index contributed by atoms with van der Waals surface area (Å²) < 4.78 is 13.5. The van der Waals surface area contributed by atoms with Crippen molar-refractivity contribution in [2.75, 3.05) is 0 Å². The monoisotopic (exact) mass is 318 g/mol. The second kappa shape index (κ2) is 7.92. The molecule has 0 unspecified atom stereocenters. The molecule has 0 saturated heterocycles. The van der Waals surface area contributed by atoms with E-state index in [1.165, 1.54) is 22.8 Å². The third-order valence-corrected chi connectivity index (χ3v) is 4.54. The molecule has 0 fully saturated rings. The van der Waals surface area contributed by atoms with E-state index in [2.05, 4.69) is 55.5 Å². The average molecular weight is 318 g/mol. The lowest BCUT2D eigenvalue weighted by molar-refractivity contribution is 0.605. The molecule has 0 aromatic heterocycles. The minimum absolute atomic E-state index is 0.154. The van der Waals surface area contributed by atoms with E-state index >= 15 is 0 Å². The molecule has 0 saturated carbocycles. The first-order chi connectivity index (χ1) is 11.7. The van der Waals surface area contributed by atoms with Crippen molar-refractivity contribution in [2.24, 2.45) is 0 Å². The lowest BCUT2D eigenvalue weighted by Crippen LogP contribution is -2.05. The number of rotatable bonds is 6. The summed E-state index contributed by atoms with van der Waals surface area (Å²) in [5.41, 5.74) is 5.02. The van der Waals surface area contributed by atoms with Gasteiger partial charge in [0.05, 0.1) is 0 Å². The summed E-state index contributed by atoms with van der Waals surface area (Å²) >= 11 is 0. The van der Waals surface area contributed by atoms with Crippen LogP contribution < -0.4 is 0 Å². The third kappa shape index (κ3) is 4.55. The fourth-order valence-electron chi connectivity index (χ4n) is 3.16. The van der Waals surface area contributed by atoms with Gasteiger partial charge in [0.15, 0.2) is 0 Å². The number of hydrogen-bond acceptors (Lipinski definition) is 0. The Morgan fingerprint density at radius 1 is 0.792 bits per heavy atom. The van der Waals surface area contributed by atoms with Crippen LogP contribution in [0.5, 0.6) is 0 Å². The SMILES string of the molecule is Cc1ccc([C@H](CCc2ccccc2)Cc2cccc(F)c2)cc1. The summed E-state index contributed by atoms with van der Waals surface area (Å²) in [5.74, 6) is 0.242. The maximum Gasteiger partial charge on any atom is 0.123 e. The van der Waals surface area contributed by atoms with Crippen LogP contribution in [0.1, 0.15) is 34.6 Å². The molecular formula is C23H23F. The highest BCUT2D eigenvalue weighted by Gasteiger charge is 2.13. The molecule has 0 aliphatic rings. The molecule has 0 bridgehead atoms. The Morgan fingerprint density at radius 2 is 1.50 bits per heavy atom. The molecule has 3 rings (SSSR count). The van der Waals surface area contributed by atoms with Crippen LogP contribution in [-0.4, -0.2) is 0 Å². The van der Waals surface area contributed by atoms with Gasteiger partial charge in [-0.25, -0.2) is 4.39 Å². The topological polar surface area (TPSA) is 0 Å². The van der Waals surface area contributed by atoms with Crippen molar-refractivity contribution in [3.63, 3.8) is 0 Å². The van der Waals surface area contributed by atoms with E-state index in [0.717, 1.165) is 24.8 Å². The van der Waals surface area contributed by atoms with E-state index in [9.17, 15) is 4.39 Å². The van der Waals surface area contributed by atoms with Crippen LogP contribution in [0.4, 0.5) is 4.39 Å². The molecule has 3 aromatic rings. The predicted molar refractivity (Wildman–Crippen MR) is 98.8 cm³/mol. The summed E-state index contributed by atoms with van der Waals surface area (Å²) in [6.45, 7) is 2.11. The van der Waals surface area contributed by atoms with Crippen molar-refractivity contribution in [2.45, 2.75) is 32.1 Å². The molecule has 0 amide bonds. The minimum atomic E-state index is -0.154. The van der Waals surface area contributed by atoms with Gasteiger partial charge in [0.25, 0.3) is 0 Å². The number of hydrogen-bond donors (Lipinski definition) is 0. The van der Waals surface area contributed by atoms with Gasteiger partial charge in [0, 0.05) is 0 Å². The van der Waals surface area contributed by atoms with E-state index < -0.39 is 0 Å². The Kier molecular flexibility index (Phi) is 5.43. The quantitative estimate of drug-likeness (QED) is 0.515. The van der Waals surface area contributed by atoms with Crippen molar-refractivity contribution < 1.29 is 4.39 Å². The maximum atomic E-state index is 13.5. The van der Waals surface area contributed by atoms with Crippen LogP contribution in [-0.2, 0) is 12.8 Å². The summed E-state index contributed by atoms with van der Waals surface area (Å²) in [5, 5.41) is 0. The highest BCUT2D eigenvalue weighted by molar-refractivity contribution is 5.28. The summed E-state index contributed by atoms with van der Waals surface area (Å²) in [6.07, 6.45) is 2.96. The zero-order chi connectivity index (χ0) is 16.8. The molecule has 1 heteroatoms. The highest BCUT2D eigenvalue weighted by Crippen LogP contribution is 2.27. The molecule has 3 aromatic carbocycles. The lowest BCUT2D eigenvalue weighted by atomic mass is 9.86. The van der Waals surface area contributed by atoms with E-state index in [1.807, 2.05) is 12.1 Å². The van der Waals surface area contributed by atoms with Gasteiger partial charge in [-0.15, -0.1) is 0 Å². The summed E-state index contributed by atoms with van der Waals surface area (Å²) in [7, 11) is 0.